The molecule has 0 amide bonds. The van der Waals surface area contributed by atoms with Gasteiger partial charge in [-0.25, -0.2) is 0 Å². The van der Waals surface area contributed by atoms with E-state index < -0.39 is 16.3 Å². The highest BCUT2D eigenvalue weighted by molar-refractivity contribution is 7.90. The van der Waals surface area contributed by atoms with Crippen molar-refractivity contribution in [1.82, 2.24) is 4.31 Å². The summed E-state index contributed by atoms with van der Waals surface area (Å²) in [6, 6.07) is 7.27. The van der Waals surface area contributed by atoms with Crippen molar-refractivity contribution in [3.63, 3.8) is 0 Å². The topological polar surface area (TPSA) is 60.9 Å². The van der Waals surface area contributed by atoms with Crippen LogP contribution in [-0.2, 0) is 10.2 Å². The van der Waals surface area contributed by atoms with E-state index >= 15 is 0 Å². The second-order valence-electron chi connectivity index (χ2n) is 5.40. The first-order chi connectivity index (χ1) is 9.60. The van der Waals surface area contributed by atoms with Crippen molar-refractivity contribution in [3.8, 4) is 0 Å². The molecule has 2 heterocycles. The molecule has 1 aromatic carbocycles. The van der Waals surface area contributed by atoms with Gasteiger partial charge in [0.25, 0.3) is 0 Å². The Morgan fingerprint density at radius 3 is 2.50 bits per heavy atom. The van der Waals surface area contributed by atoms with Crippen LogP contribution in [0.25, 0.3) is 0 Å². The first kappa shape index (κ1) is 13.9. The normalized spacial score (nSPS) is 24.4. The lowest BCUT2D eigenvalue weighted by Crippen LogP contribution is -2.43. The Morgan fingerprint density at radius 2 is 1.75 bits per heavy atom. The maximum Gasteiger partial charge on any atom is 0.304 e. The molecule has 2 aliphatic heterocycles. The van der Waals surface area contributed by atoms with E-state index in [2.05, 4.69) is 0 Å². The lowest BCUT2D eigenvalue weighted by molar-refractivity contribution is 0.168. The molecule has 3 rings (SSSR count). The summed E-state index contributed by atoms with van der Waals surface area (Å²) in [6.45, 7) is 1.64. The maximum atomic E-state index is 12.8. The number of hydrogen-bond acceptors (Lipinski definition) is 3. The van der Waals surface area contributed by atoms with Gasteiger partial charge in [0.15, 0.2) is 0 Å². The zero-order valence-corrected chi connectivity index (χ0v) is 12.2. The molecule has 0 spiro atoms. The first-order valence-corrected chi connectivity index (χ1v) is 8.55. The lowest BCUT2D eigenvalue weighted by Gasteiger charge is -2.29. The van der Waals surface area contributed by atoms with Crippen LogP contribution in [0.1, 0.15) is 37.4 Å². The molecule has 110 valence electrons. The lowest BCUT2D eigenvalue weighted by atomic mass is 10.1. The van der Waals surface area contributed by atoms with E-state index in [4.69, 9.17) is 0 Å². The Kier molecular flexibility index (Phi) is 3.70. The molecule has 1 aromatic rings. The van der Waals surface area contributed by atoms with Crippen molar-refractivity contribution >= 4 is 15.9 Å². The van der Waals surface area contributed by atoms with Gasteiger partial charge in [0.05, 0.1) is 11.8 Å². The number of aliphatic hydroxyl groups excluding tert-OH is 1. The van der Waals surface area contributed by atoms with Gasteiger partial charge in [0.1, 0.15) is 0 Å². The fraction of sp³-hybridized carbons (Fsp3) is 0.571. The van der Waals surface area contributed by atoms with Crippen LogP contribution < -0.4 is 4.31 Å². The van der Waals surface area contributed by atoms with E-state index in [0.29, 0.717) is 43.7 Å². The van der Waals surface area contributed by atoms with Gasteiger partial charge in [-0.3, -0.25) is 4.31 Å². The third kappa shape index (κ3) is 2.32. The summed E-state index contributed by atoms with van der Waals surface area (Å²) in [5.74, 6) is 0. The molecular formula is C14H20N2O3S. The van der Waals surface area contributed by atoms with E-state index in [1.807, 2.05) is 18.2 Å². The average Bonchev–Trinajstić information content (AvgIpc) is 2.93. The smallest absolute Gasteiger partial charge is 0.304 e. The predicted octanol–water partition coefficient (Wildman–Crippen LogP) is 1.66. The standard InChI is InChI=1S/C14H20N2O3S/c17-14-8-5-11-16(13-7-2-1-6-12(13)14)20(18,19)15-9-3-4-10-15/h1-2,6-7,14,17H,3-5,8-11H2. The van der Waals surface area contributed by atoms with Crippen LogP contribution in [0.2, 0.25) is 0 Å². The van der Waals surface area contributed by atoms with Crippen LogP contribution >= 0.6 is 0 Å². The van der Waals surface area contributed by atoms with E-state index in [1.54, 1.807) is 10.4 Å². The van der Waals surface area contributed by atoms with Gasteiger partial charge in [-0.1, -0.05) is 18.2 Å². The monoisotopic (exact) mass is 296 g/mol. The molecule has 1 unspecified atom stereocenters. The van der Waals surface area contributed by atoms with E-state index in [9.17, 15) is 13.5 Å². The van der Waals surface area contributed by atoms with Gasteiger partial charge in [-0.15, -0.1) is 0 Å². The Labute approximate surface area is 120 Å². The molecule has 20 heavy (non-hydrogen) atoms. The van der Waals surface area contributed by atoms with Gasteiger partial charge >= 0.3 is 10.2 Å². The van der Waals surface area contributed by atoms with Gasteiger partial charge < -0.3 is 5.11 Å². The quantitative estimate of drug-likeness (QED) is 0.903. The number of para-hydroxylation sites is 1. The van der Waals surface area contributed by atoms with Gasteiger partial charge in [0, 0.05) is 25.2 Å². The van der Waals surface area contributed by atoms with Crippen molar-refractivity contribution in [2.45, 2.75) is 31.8 Å². The molecule has 5 nitrogen and oxygen atoms in total. The molecule has 1 fully saturated rings. The Bertz CT molecular complexity index is 582. The SMILES string of the molecule is O=S(=O)(N1CCCC1)N1CCCC(O)c2ccccc21. The van der Waals surface area contributed by atoms with Gasteiger partial charge in [-0.05, 0) is 31.7 Å². The summed E-state index contributed by atoms with van der Waals surface area (Å²) < 4.78 is 28.6. The second kappa shape index (κ2) is 5.35. The second-order valence-corrected chi connectivity index (χ2v) is 7.26. The number of nitrogens with zero attached hydrogens (tertiary/aromatic N) is 2. The first-order valence-electron chi connectivity index (χ1n) is 7.15. The van der Waals surface area contributed by atoms with E-state index in [1.165, 1.54) is 4.31 Å². The molecule has 1 N–H and O–H groups in total. The van der Waals surface area contributed by atoms with Crippen molar-refractivity contribution in [3.05, 3.63) is 29.8 Å². The van der Waals surface area contributed by atoms with Crippen LogP contribution in [0.15, 0.2) is 24.3 Å². The molecule has 0 radical (unpaired) electrons. The molecule has 1 saturated heterocycles. The molecule has 2 aliphatic rings. The third-order valence-corrected chi connectivity index (χ3v) is 6.03. The maximum absolute atomic E-state index is 12.8. The van der Waals surface area contributed by atoms with Crippen molar-refractivity contribution in [2.24, 2.45) is 0 Å². The van der Waals surface area contributed by atoms with Crippen molar-refractivity contribution in [2.75, 3.05) is 23.9 Å². The molecule has 0 aliphatic carbocycles. The van der Waals surface area contributed by atoms with Gasteiger partial charge in [-0.2, -0.15) is 12.7 Å². The van der Waals surface area contributed by atoms with Crippen molar-refractivity contribution < 1.29 is 13.5 Å². The zero-order chi connectivity index (χ0) is 14.2. The Hall–Kier alpha value is -1.11. The highest BCUT2D eigenvalue weighted by Crippen LogP contribution is 2.35. The molecule has 0 bridgehead atoms. The summed E-state index contributed by atoms with van der Waals surface area (Å²) in [5.41, 5.74) is 1.34. The fourth-order valence-corrected chi connectivity index (χ4v) is 4.77. The largest absolute Gasteiger partial charge is 0.388 e. The van der Waals surface area contributed by atoms with E-state index in [0.717, 1.165) is 12.8 Å². The predicted molar refractivity (Wildman–Crippen MR) is 77.7 cm³/mol. The van der Waals surface area contributed by atoms with Gasteiger partial charge in [0.2, 0.25) is 0 Å². The average molecular weight is 296 g/mol. The minimum atomic E-state index is -3.47. The number of anilines is 1. The Morgan fingerprint density at radius 1 is 1.05 bits per heavy atom. The zero-order valence-electron chi connectivity index (χ0n) is 11.4. The minimum absolute atomic E-state index is 0.437. The summed E-state index contributed by atoms with van der Waals surface area (Å²) in [7, 11) is -3.47. The fourth-order valence-electron chi connectivity index (χ4n) is 3.00. The molecule has 6 heteroatoms. The highest BCUT2D eigenvalue weighted by Gasteiger charge is 2.34. The minimum Gasteiger partial charge on any atom is -0.388 e. The van der Waals surface area contributed by atoms with E-state index in [-0.39, 0.29) is 0 Å². The van der Waals surface area contributed by atoms with Crippen molar-refractivity contribution in [1.29, 1.82) is 0 Å². The molecular weight excluding hydrogens is 276 g/mol. The molecule has 1 atom stereocenters. The van der Waals surface area contributed by atoms with Crippen LogP contribution in [0.5, 0.6) is 0 Å². The number of rotatable bonds is 2. The summed E-state index contributed by atoms with van der Waals surface area (Å²) in [6.07, 6.45) is 2.55. The van der Waals surface area contributed by atoms with Crippen LogP contribution in [0.3, 0.4) is 0 Å². The summed E-state index contributed by atoms with van der Waals surface area (Å²) in [5, 5.41) is 10.2. The molecule has 0 saturated carbocycles. The highest BCUT2D eigenvalue weighted by atomic mass is 32.2. The number of fused-ring (bicyclic) bond motifs is 1. The summed E-state index contributed by atoms with van der Waals surface area (Å²) >= 11 is 0. The Balaban J connectivity index is 2.02. The molecule has 0 aromatic heterocycles. The third-order valence-electron chi connectivity index (χ3n) is 4.07. The summed E-state index contributed by atoms with van der Waals surface area (Å²) in [4.78, 5) is 0. The van der Waals surface area contributed by atoms with Crippen LogP contribution in [0.4, 0.5) is 5.69 Å². The number of hydrogen-bond donors (Lipinski definition) is 1. The van der Waals surface area contributed by atoms with Crippen LogP contribution in [-0.4, -0.2) is 37.5 Å². The van der Waals surface area contributed by atoms with Crippen LogP contribution in [0, 0.1) is 0 Å². The number of benzene rings is 1. The number of aliphatic hydroxyl groups is 1.